The van der Waals surface area contributed by atoms with Crippen LogP contribution in [0.15, 0.2) is 47.6 Å². The highest BCUT2D eigenvalue weighted by Gasteiger charge is 2.14. The molecule has 2 rings (SSSR count). The molecule has 1 aromatic carbocycles. The third kappa shape index (κ3) is 2.96. The van der Waals surface area contributed by atoms with Crippen molar-refractivity contribution in [1.82, 2.24) is 4.98 Å². The third-order valence-corrected chi connectivity index (χ3v) is 3.73. The number of sulfonamides is 1. The zero-order valence-electron chi connectivity index (χ0n) is 8.97. The van der Waals surface area contributed by atoms with Crippen molar-refractivity contribution >= 4 is 27.3 Å². The van der Waals surface area contributed by atoms with Crippen LogP contribution >= 0.6 is 11.6 Å². The molecule has 0 atom stereocenters. The van der Waals surface area contributed by atoms with Crippen LogP contribution in [0.4, 0.5) is 10.1 Å². The standard InChI is InChI=1S/C11H8ClFN2O2S/c12-8-1-3-11(4-2-8)18(16,17)15-10-5-9(13)6-14-7-10/h1-7,15H. The van der Waals surface area contributed by atoms with E-state index in [0.717, 1.165) is 12.3 Å². The van der Waals surface area contributed by atoms with E-state index in [1.165, 1.54) is 30.5 Å². The fraction of sp³-hybridized carbons (Fsp3) is 0. The fourth-order valence-electron chi connectivity index (χ4n) is 1.30. The summed E-state index contributed by atoms with van der Waals surface area (Å²) < 4.78 is 38.9. The number of hydrogen-bond acceptors (Lipinski definition) is 3. The zero-order valence-corrected chi connectivity index (χ0v) is 10.5. The van der Waals surface area contributed by atoms with Crippen LogP contribution in [0.5, 0.6) is 0 Å². The molecule has 4 nitrogen and oxygen atoms in total. The van der Waals surface area contributed by atoms with E-state index in [0.29, 0.717) is 5.02 Å². The normalized spacial score (nSPS) is 11.2. The molecule has 0 aliphatic rings. The number of anilines is 1. The second-order valence-electron chi connectivity index (χ2n) is 3.45. The van der Waals surface area contributed by atoms with Gasteiger partial charge >= 0.3 is 0 Å². The first-order valence-corrected chi connectivity index (χ1v) is 6.72. The first kappa shape index (κ1) is 12.8. The molecule has 0 aliphatic carbocycles. The van der Waals surface area contributed by atoms with Gasteiger partial charge in [0.2, 0.25) is 0 Å². The number of nitrogens with one attached hydrogen (secondary N) is 1. The minimum Gasteiger partial charge on any atom is -0.278 e. The molecule has 1 N–H and O–H groups in total. The number of aromatic nitrogens is 1. The van der Waals surface area contributed by atoms with E-state index >= 15 is 0 Å². The largest absolute Gasteiger partial charge is 0.278 e. The summed E-state index contributed by atoms with van der Waals surface area (Å²) in [6.45, 7) is 0. The molecule has 0 amide bonds. The lowest BCUT2D eigenvalue weighted by atomic mass is 10.4. The zero-order chi connectivity index (χ0) is 13.2. The highest BCUT2D eigenvalue weighted by molar-refractivity contribution is 7.92. The quantitative estimate of drug-likeness (QED) is 0.944. The lowest BCUT2D eigenvalue weighted by Gasteiger charge is -2.07. The van der Waals surface area contributed by atoms with Crippen molar-refractivity contribution in [2.24, 2.45) is 0 Å². The maximum absolute atomic E-state index is 12.9. The van der Waals surface area contributed by atoms with Gasteiger partial charge in [-0.05, 0) is 24.3 Å². The van der Waals surface area contributed by atoms with Gasteiger partial charge in [0.25, 0.3) is 10.0 Å². The molecule has 0 spiro atoms. The Morgan fingerprint density at radius 3 is 2.44 bits per heavy atom. The van der Waals surface area contributed by atoms with Crippen molar-refractivity contribution in [3.63, 3.8) is 0 Å². The van der Waals surface area contributed by atoms with Gasteiger partial charge in [-0.1, -0.05) is 11.6 Å². The summed E-state index contributed by atoms with van der Waals surface area (Å²) in [5.74, 6) is -0.619. The van der Waals surface area contributed by atoms with Gasteiger partial charge in [-0.2, -0.15) is 0 Å². The van der Waals surface area contributed by atoms with Crippen molar-refractivity contribution in [3.05, 3.63) is 53.6 Å². The molecule has 0 unspecified atom stereocenters. The Morgan fingerprint density at radius 2 is 1.83 bits per heavy atom. The molecule has 0 saturated carbocycles. The molecule has 2 aromatic rings. The van der Waals surface area contributed by atoms with Crippen LogP contribution in [0.1, 0.15) is 0 Å². The molecular formula is C11H8ClFN2O2S. The Morgan fingerprint density at radius 1 is 1.17 bits per heavy atom. The minimum atomic E-state index is -3.76. The van der Waals surface area contributed by atoms with Crippen molar-refractivity contribution in [1.29, 1.82) is 0 Å². The monoisotopic (exact) mass is 286 g/mol. The van der Waals surface area contributed by atoms with Gasteiger partial charge in [0.05, 0.1) is 23.0 Å². The summed E-state index contributed by atoms with van der Waals surface area (Å²) in [4.78, 5) is 3.59. The molecule has 0 fully saturated rings. The second kappa shape index (κ2) is 4.91. The molecule has 94 valence electrons. The fourth-order valence-corrected chi connectivity index (χ4v) is 2.46. The summed E-state index contributed by atoms with van der Waals surface area (Å²) in [6, 6.07) is 6.68. The van der Waals surface area contributed by atoms with Crippen LogP contribution in [0.2, 0.25) is 5.02 Å². The summed E-state index contributed by atoms with van der Waals surface area (Å²) >= 11 is 5.67. The average Bonchev–Trinajstić information content (AvgIpc) is 2.29. The van der Waals surface area contributed by atoms with Gasteiger partial charge in [0, 0.05) is 11.1 Å². The minimum absolute atomic E-state index is 0.0381. The van der Waals surface area contributed by atoms with Gasteiger partial charge in [-0.3, -0.25) is 9.71 Å². The van der Waals surface area contributed by atoms with E-state index < -0.39 is 15.8 Å². The van der Waals surface area contributed by atoms with E-state index in [2.05, 4.69) is 9.71 Å². The predicted molar refractivity (Wildman–Crippen MR) is 66.5 cm³/mol. The Hall–Kier alpha value is -1.66. The molecule has 0 aliphatic heterocycles. The van der Waals surface area contributed by atoms with Gasteiger partial charge < -0.3 is 0 Å². The van der Waals surface area contributed by atoms with Crippen molar-refractivity contribution in [2.45, 2.75) is 4.90 Å². The van der Waals surface area contributed by atoms with E-state index in [9.17, 15) is 12.8 Å². The summed E-state index contributed by atoms with van der Waals surface area (Å²) in [6.07, 6.45) is 2.20. The molecule has 18 heavy (non-hydrogen) atoms. The Labute approximate surface area is 108 Å². The SMILES string of the molecule is O=S(=O)(Nc1cncc(F)c1)c1ccc(Cl)cc1. The number of nitrogens with zero attached hydrogens (tertiary/aromatic N) is 1. The number of hydrogen-bond donors (Lipinski definition) is 1. The highest BCUT2D eigenvalue weighted by Crippen LogP contribution is 2.18. The highest BCUT2D eigenvalue weighted by atomic mass is 35.5. The summed E-state index contributed by atoms with van der Waals surface area (Å²) in [5.41, 5.74) is 0.0601. The number of benzene rings is 1. The van der Waals surface area contributed by atoms with Crippen LogP contribution in [-0.4, -0.2) is 13.4 Å². The Bertz CT molecular complexity index is 659. The topological polar surface area (TPSA) is 59.1 Å². The molecule has 1 aromatic heterocycles. The smallest absolute Gasteiger partial charge is 0.261 e. The first-order chi connectivity index (χ1) is 8.47. The molecule has 0 bridgehead atoms. The van der Waals surface area contributed by atoms with E-state index in [1.807, 2.05) is 0 Å². The second-order valence-corrected chi connectivity index (χ2v) is 5.57. The number of rotatable bonds is 3. The summed E-state index contributed by atoms with van der Waals surface area (Å²) in [5, 5.41) is 0.432. The van der Waals surface area contributed by atoms with E-state index in [-0.39, 0.29) is 10.6 Å². The van der Waals surface area contributed by atoms with Crippen LogP contribution < -0.4 is 4.72 Å². The lowest BCUT2D eigenvalue weighted by Crippen LogP contribution is -2.13. The van der Waals surface area contributed by atoms with Crippen LogP contribution in [0, 0.1) is 5.82 Å². The molecule has 0 saturated heterocycles. The average molecular weight is 287 g/mol. The van der Waals surface area contributed by atoms with Gasteiger partial charge in [-0.25, -0.2) is 12.8 Å². The van der Waals surface area contributed by atoms with Crippen molar-refractivity contribution in [3.8, 4) is 0 Å². The Kier molecular flexibility index (Phi) is 3.49. The first-order valence-electron chi connectivity index (χ1n) is 4.86. The molecule has 1 heterocycles. The van der Waals surface area contributed by atoms with Crippen LogP contribution in [0.25, 0.3) is 0 Å². The lowest BCUT2D eigenvalue weighted by molar-refractivity contribution is 0.601. The maximum Gasteiger partial charge on any atom is 0.261 e. The van der Waals surface area contributed by atoms with Gasteiger partial charge in [0.1, 0.15) is 5.82 Å². The van der Waals surface area contributed by atoms with Gasteiger partial charge in [0.15, 0.2) is 0 Å². The number of pyridine rings is 1. The van der Waals surface area contributed by atoms with Gasteiger partial charge in [-0.15, -0.1) is 0 Å². The van der Waals surface area contributed by atoms with E-state index in [1.54, 1.807) is 0 Å². The van der Waals surface area contributed by atoms with Crippen LogP contribution in [0.3, 0.4) is 0 Å². The number of halogens is 2. The third-order valence-electron chi connectivity index (χ3n) is 2.08. The molecular weight excluding hydrogens is 279 g/mol. The predicted octanol–water partition coefficient (Wildman–Crippen LogP) is 2.67. The van der Waals surface area contributed by atoms with Crippen molar-refractivity contribution < 1.29 is 12.8 Å². The molecule has 0 radical (unpaired) electrons. The Balaban J connectivity index is 2.30. The van der Waals surface area contributed by atoms with E-state index in [4.69, 9.17) is 11.6 Å². The molecule has 7 heteroatoms. The van der Waals surface area contributed by atoms with Crippen molar-refractivity contribution in [2.75, 3.05) is 4.72 Å². The summed E-state index contributed by atoms with van der Waals surface area (Å²) in [7, 11) is -3.76. The maximum atomic E-state index is 12.9. The van der Waals surface area contributed by atoms with Crippen LogP contribution in [-0.2, 0) is 10.0 Å².